The lowest BCUT2D eigenvalue weighted by Gasteiger charge is -2.36. The van der Waals surface area contributed by atoms with Gasteiger partial charge in [-0.05, 0) is 37.7 Å². The number of anilines is 1. The molecule has 0 saturated carbocycles. The summed E-state index contributed by atoms with van der Waals surface area (Å²) in [6.07, 6.45) is 11.4. The highest BCUT2D eigenvalue weighted by molar-refractivity contribution is 7.19. The van der Waals surface area contributed by atoms with Crippen LogP contribution in [0.4, 0.5) is 5.82 Å². The molecule has 3 heterocycles. The molecule has 0 N–H and O–H groups in total. The van der Waals surface area contributed by atoms with Crippen molar-refractivity contribution in [3.8, 4) is 0 Å². The van der Waals surface area contributed by atoms with Gasteiger partial charge in [-0.2, -0.15) is 0 Å². The Balaban J connectivity index is 1.53. The molecular weight excluding hydrogens is 426 g/mol. The first-order chi connectivity index (χ1) is 16.1. The first-order valence-corrected chi connectivity index (χ1v) is 13.7. The lowest BCUT2D eigenvalue weighted by Crippen LogP contribution is -2.49. The molecule has 0 bridgehead atoms. The number of hydrogen-bond acceptors (Lipinski definition) is 6. The maximum absolute atomic E-state index is 5.23. The van der Waals surface area contributed by atoms with Gasteiger partial charge in [-0.3, -0.25) is 9.80 Å². The van der Waals surface area contributed by atoms with Gasteiger partial charge in [0, 0.05) is 63.2 Å². The fraction of sp³-hybridized carbons (Fsp3) is 0.630. The van der Waals surface area contributed by atoms with Crippen LogP contribution in [0.2, 0.25) is 0 Å². The van der Waals surface area contributed by atoms with Gasteiger partial charge in [0.1, 0.15) is 16.5 Å². The van der Waals surface area contributed by atoms with Crippen molar-refractivity contribution in [1.82, 2.24) is 19.8 Å². The van der Waals surface area contributed by atoms with Crippen molar-refractivity contribution >= 4 is 27.4 Å². The Kier molecular flexibility index (Phi) is 8.55. The number of rotatable bonds is 10. The number of fused-ring (bicyclic) bond motifs is 3. The standard InChI is InChI=1S/C27H41N5S/c1-5-13-30(14-6-2)15-16-31-17-19-32(20-18-31)26-24-22-11-9-8-10-12-23(22)33-27(24)29-25(28-26)21(4)7-3/h5-6,21H,1-2,7-20H2,3-4H3. The summed E-state index contributed by atoms with van der Waals surface area (Å²) in [6, 6.07) is 0. The van der Waals surface area contributed by atoms with Gasteiger partial charge in [0.15, 0.2) is 0 Å². The summed E-state index contributed by atoms with van der Waals surface area (Å²) in [5.41, 5.74) is 1.56. The average Bonchev–Trinajstić information content (AvgIpc) is 3.02. The minimum Gasteiger partial charge on any atom is -0.353 e. The summed E-state index contributed by atoms with van der Waals surface area (Å²) in [4.78, 5) is 20.7. The third kappa shape index (κ3) is 5.67. The van der Waals surface area contributed by atoms with E-state index in [-0.39, 0.29) is 0 Å². The molecule has 1 saturated heterocycles. The highest BCUT2D eigenvalue weighted by Crippen LogP contribution is 2.40. The number of thiophene rings is 1. The van der Waals surface area contributed by atoms with E-state index in [1.165, 1.54) is 48.1 Å². The van der Waals surface area contributed by atoms with Gasteiger partial charge in [0.2, 0.25) is 0 Å². The molecule has 0 amide bonds. The van der Waals surface area contributed by atoms with E-state index in [1.54, 1.807) is 10.4 Å². The molecule has 1 fully saturated rings. The molecule has 2 aromatic rings. The zero-order valence-corrected chi connectivity index (χ0v) is 21.5. The molecule has 1 aliphatic heterocycles. The molecule has 1 atom stereocenters. The zero-order chi connectivity index (χ0) is 23.2. The van der Waals surface area contributed by atoms with Crippen LogP contribution >= 0.6 is 11.3 Å². The minimum atomic E-state index is 0.400. The summed E-state index contributed by atoms with van der Waals surface area (Å²) in [6.45, 7) is 20.6. The van der Waals surface area contributed by atoms with Crippen molar-refractivity contribution in [2.75, 3.05) is 57.3 Å². The molecule has 0 spiro atoms. The topological polar surface area (TPSA) is 35.5 Å². The van der Waals surface area contributed by atoms with Crippen molar-refractivity contribution in [2.45, 2.75) is 58.3 Å². The molecule has 1 aliphatic carbocycles. The third-order valence-electron chi connectivity index (χ3n) is 7.29. The summed E-state index contributed by atoms with van der Waals surface area (Å²) in [5, 5.41) is 1.38. The number of nitrogens with zero attached hydrogens (tertiary/aromatic N) is 5. The van der Waals surface area contributed by atoms with Crippen molar-refractivity contribution < 1.29 is 0 Å². The fourth-order valence-corrected chi connectivity index (χ4v) is 6.31. The molecule has 180 valence electrons. The van der Waals surface area contributed by atoms with Gasteiger partial charge in [0.25, 0.3) is 0 Å². The maximum Gasteiger partial charge on any atom is 0.141 e. The van der Waals surface area contributed by atoms with Crippen molar-refractivity contribution in [3.63, 3.8) is 0 Å². The monoisotopic (exact) mass is 467 g/mol. The first kappa shape index (κ1) is 24.4. The summed E-state index contributed by atoms with van der Waals surface area (Å²) < 4.78 is 0. The van der Waals surface area contributed by atoms with Crippen LogP contribution in [-0.4, -0.2) is 72.1 Å². The van der Waals surface area contributed by atoms with E-state index in [0.29, 0.717) is 5.92 Å². The molecule has 1 unspecified atom stereocenters. The summed E-state index contributed by atoms with van der Waals surface area (Å²) in [7, 11) is 0. The second-order valence-electron chi connectivity index (χ2n) is 9.62. The molecule has 33 heavy (non-hydrogen) atoms. The Bertz CT molecular complexity index is 934. The van der Waals surface area contributed by atoms with Crippen LogP contribution < -0.4 is 4.90 Å². The van der Waals surface area contributed by atoms with Crippen LogP contribution in [0, 0.1) is 0 Å². The van der Waals surface area contributed by atoms with Gasteiger partial charge in [0.05, 0.1) is 5.39 Å². The highest BCUT2D eigenvalue weighted by atomic mass is 32.1. The number of aromatic nitrogens is 2. The van der Waals surface area contributed by atoms with Gasteiger partial charge in [-0.25, -0.2) is 9.97 Å². The lowest BCUT2D eigenvalue weighted by molar-refractivity contribution is 0.214. The predicted molar refractivity (Wildman–Crippen MR) is 143 cm³/mol. The van der Waals surface area contributed by atoms with Crippen LogP contribution in [0.15, 0.2) is 25.3 Å². The molecule has 5 nitrogen and oxygen atoms in total. The second-order valence-corrected chi connectivity index (χ2v) is 10.7. The molecule has 2 aliphatic rings. The molecule has 2 aromatic heterocycles. The SMILES string of the molecule is C=CCN(CC=C)CCN1CCN(c2nc(C(C)CC)nc3sc4c(c23)CCCCC4)CC1. The Morgan fingerprint density at radius 3 is 2.45 bits per heavy atom. The molecule has 4 rings (SSSR count). The van der Waals surface area contributed by atoms with Gasteiger partial charge >= 0.3 is 0 Å². The molecule has 6 heteroatoms. The van der Waals surface area contributed by atoms with E-state index in [0.717, 1.165) is 64.6 Å². The molecule has 0 radical (unpaired) electrons. The van der Waals surface area contributed by atoms with Crippen LogP contribution in [-0.2, 0) is 12.8 Å². The van der Waals surface area contributed by atoms with E-state index in [2.05, 4.69) is 41.7 Å². The zero-order valence-electron chi connectivity index (χ0n) is 20.7. The Labute approximate surface area is 204 Å². The summed E-state index contributed by atoms with van der Waals surface area (Å²) >= 11 is 1.94. The van der Waals surface area contributed by atoms with E-state index >= 15 is 0 Å². The maximum atomic E-state index is 5.23. The Hall–Kier alpha value is -1.76. The number of aryl methyl sites for hydroxylation is 2. The predicted octanol–water partition coefficient (Wildman–Crippen LogP) is 5.27. The normalized spacial score (nSPS) is 18.3. The van der Waals surface area contributed by atoms with E-state index in [9.17, 15) is 0 Å². The molecular formula is C27H41N5S. The second kappa shape index (κ2) is 11.6. The third-order valence-corrected chi connectivity index (χ3v) is 8.48. The van der Waals surface area contributed by atoms with E-state index in [1.807, 2.05) is 23.5 Å². The first-order valence-electron chi connectivity index (χ1n) is 12.9. The van der Waals surface area contributed by atoms with Crippen LogP contribution in [0.3, 0.4) is 0 Å². The van der Waals surface area contributed by atoms with Crippen molar-refractivity contribution in [1.29, 1.82) is 0 Å². The minimum absolute atomic E-state index is 0.400. The van der Waals surface area contributed by atoms with Gasteiger partial charge < -0.3 is 4.90 Å². The molecule has 0 aromatic carbocycles. The highest BCUT2D eigenvalue weighted by Gasteiger charge is 2.26. The van der Waals surface area contributed by atoms with Crippen molar-refractivity contribution in [3.05, 3.63) is 41.6 Å². The van der Waals surface area contributed by atoms with Crippen LogP contribution in [0.25, 0.3) is 10.2 Å². The Morgan fingerprint density at radius 2 is 1.76 bits per heavy atom. The largest absolute Gasteiger partial charge is 0.353 e. The number of hydrogen-bond donors (Lipinski definition) is 0. The summed E-state index contributed by atoms with van der Waals surface area (Å²) in [5.74, 6) is 2.65. The number of piperazine rings is 1. The Morgan fingerprint density at radius 1 is 1.03 bits per heavy atom. The quantitative estimate of drug-likeness (QED) is 0.351. The van der Waals surface area contributed by atoms with Crippen molar-refractivity contribution in [2.24, 2.45) is 0 Å². The fourth-order valence-electron chi connectivity index (χ4n) is 5.05. The van der Waals surface area contributed by atoms with Gasteiger partial charge in [-0.1, -0.05) is 32.4 Å². The van der Waals surface area contributed by atoms with E-state index in [4.69, 9.17) is 9.97 Å². The van der Waals surface area contributed by atoms with Crippen LogP contribution in [0.1, 0.15) is 61.7 Å². The van der Waals surface area contributed by atoms with Crippen LogP contribution in [0.5, 0.6) is 0 Å². The smallest absolute Gasteiger partial charge is 0.141 e. The van der Waals surface area contributed by atoms with Gasteiger partial charge in [-0.15, -0.1) is 24.5 Å². The van der Waals surface area contributed by atoms with E-state index < -0.39 is 0 Å². The average molecular weight is 468 g/mol. The lowest BCUT2D eigenvalue weighted by atomic mass is 10.1.